The van der Waals surface area contributed by atoms with Crippen LogP contribution in [0.15, 0.2) is 47.2 Å². The van der Waals surface area contributed by atoms with E-state index in [9.17, 15) is 0 Å². The van der Waals surface area contributed by atoms with Gasteiger partial charge in [0.1, 0.15) is 10.4 Å². The smallest absolute Gasteiger partial charge is 0.118 e. The zero-order valence-electron chi connectivity index (χ0n) is 9.43. The topological polar surface area (TPSA) is 22.1 Å². The maximum atomic E-state index is 5.11. The van der Waals surface area contributed by atoms with Gasteiger partial charge in [0.15, 0.2) is 0 Å². The van der Waals surface area contributed by atoms with Crippen molar-refractivity contribution < 1.29 is 4.74 Å². The second-order valence-corrected chi connectivity index (χ2v) is 4.33. The molecule has 3 heteroatoms. The van der Waals surface area contributed by atoms with Crippen LogP contribution in [0.1, 0.15) is 11.1 Å². The third-order valence-corrected chi connectivity index (χ3v) is 2.80. The van der Waals surface area contributed by atoms with Gasteiger partial charge in [-0.05, 0) is 45.3 Å². The number of methoxy groups -OCH3 is 1. The van der Waals surface area contributed by atoms with Gasteiger partial charge < -0.3 is 4.74 Å². The van der Waals surface area contributed by atoms with Gasteiger partial charge in [-0.1, -0.05) is 30.4 Å². The predicted molar refractivity (Wildman–Crippen MR) is 73.9 cm³/mol. The molecule has 0 aliphatic carbocycles. The van der Waals surface area contributed by atoms with Gasteiger partial charge in [-0.2, -0.15) is 0 Å². The van der Waals surface area contributed by atoms with Crippen LogP contribution in [0.25, 0.3) is 12.2 Å². The quantitative estimate of drug-likeness (QED) is 0.796. The number of pyridine rings is 1. The van der Waals surface area contributed by atoms with Gasteiger partial charge in [-0.25, -0.2) is 4.98 Å². The highest BCUT2D eigenvalue weighted by Crippen LogP contribution is 2.14. The van der Waals surface area contributed by atoms with Crippen molar-refractivity contribution in [1.82, 2.24) is 4.98 Å². The fourth-order valence-electron chi connectivity index (χ4n) is 1.39. The number of rotatable bonds is 3. The summed E-state index contributed by atoms with van der Waals surface area (Å²) in [6.45, 7) is 0. The molecule has 2 aromatic rings. The van der Waals surface area contributed by atoms with E-state index < -0.39 is 0 Å². The van der Waals surface area contributed by atoms with Crippen molar-refractivity contribution in [2.24, 2.45) is 0 Å². The van der Waals surface area contributed by atoms with Gasteiger partial charge in [-0.15, -0.1) is 0 Å². The monoisotopic (exact) mass is 289 g/mol. The van der Waals surface area contributed by atoms with Gasteiger partial charge in [0.25, 0.3) is 0 Å². The lowest BCUT2D eigenvalue weighted by molar-refractivity contribution is 0.415. The first kappa shape index (κ1) is 11.9. The Bertz CT molecular complexity index is 503. The largest absolute Gasteiger partial charge is 0.497 e. The van der Waals surface area contributed by atoms with E-state index in [1.165, 1.54) is 0 Å². The summed E-state index contributed by atoms with van der Waals surface area (Å²) in [5.41, 5.74) is 2.21. The second kappa shape index (κ2) is 5.64. The third kappa shape index (κ3) is 3.43. The number of hydrogen-bond acceptors (Lipinski definition) is 2. The zero-order chi connectivity index (χ0) is 12.1. The molecular weight excluding hydrogens is 278 g/mol. The van der Waals surface area contributed by atoms with Crippen molar-refractivity contribution in [2.75, 3.05) is 7.11 Å². The van der Waals surface area contributed by atoms with Crippen molar-refractivity contribution in [2.45, 2.75) is 0 Å². The molecule has 2 rings (SSSR count). The van der Waals surface area contributed by atoms with E-state index in [0.717, 1.165) is 21.5 Å². The van der Waals surface area contributed by atoms with Crippen molar-refractivity contribution >= 4 is 28.1 Å². The second-order valence-electron chi connectivity index (χ2n) is 3.52. The minimum atomic E-state index is 0.846. The molecule has 1 aromatic carbocycles. The summed E-state index contributed by atoms with van der Waals surface area (Å²) in [5.74, 6) is 0.868. The van der Waals surface area contributed by atoms with Crippen LogP contribution in [0.3, 0.4) is 0 Å². The van der Waals surface area contributed by atoms with Crippen LogP contribution in [-0.4, -0.2) is 12.1 Å². The van der Waals surface area contributed by atoms with Crippen molar-refractivity contribution in [3.05, 3.63) is 58.3 Å². The Balaban J connectivity index is 2.11. The van der Waals surface area contributed by atoms with E-state index in [4.69, 9.17) is 4.74 Å². The van der Waals surface area contributed by atoms with Crippen molar-refractivity contribution in [1.29, 1.82) is 0 Å². The molecule has 1 heterocycles. The van der Waals surface area contributed by atoms with E-state index in [1.54, 1.807) is 7.11 Å². The SMILES string of the molecule is COc1ccc(/C=C/c2ccc(Br)nc2)cc1. The van der Waals surface area contributed by atoms with Crippen LogP contribution in [0, 0.1) is 0 Å². The lowest BCUT2D eigenvalue weighted by atomic mass is 10.1. The molecule has 0 fully saturated rings. The lowest BCUT2D eigenvalue weighted by Crippen LogP contribution is -1.81. The molecule has 86 valence electrons. The highest BCUT2D eigenvalue weighted by atomic mass is 79.9. The minimum Gasteiger partial charge on any atom is -0.497 e. The van der Waals surface area contributed by atoms with Gasteiger partial charge in [-0.3, -0.25) is 0 Å². The molecule has 0 bridgehead atoms. The van der Waals surface area contributed by atoms with Crippen molar-refractivity contribution in [3.63, 3.8) is 0 Å². The molecule has 1 aromatic heterocycles. The number of halogens is 1. The minimum absolute atomic E-state index is 0.846. The molecule has 0 saturated carbocycles. The Hall–Kier alpha value is -1.61. The maximum absolute atomic E-state index is 5.11. The molecule has 0 unspecified atom stereocenters. The number of hydrogen-bond donors (Lipinski definition) is 0. The molecule has 0 amide bonds. The summed E-state index contributed by atoms with van der Waals surface area (Å²) in [4.78, 5) is 4.16. The highest BCUT2D eigenvalue weighted by Gasteiger charge is 1.91. The summed E-state index contributed by atoms with van der Waals surface area (Å²) < 4.78 is 5.95. The van der Waals surface area contributed by atoms with Crippen LogP contribution >= 0.6 is 15.9 Å². The van der Waals surface area contributed by atoms with Crippen LogP contribution in [-0.2, 0) is 0 Å². The first-order chi connectivity index (χ1) is 8.28. The Labute approximate surface area is 109 Å². The van der Waals surface area contributed by atoms with Crippen molar-refractivity contribution in [3.8, 4) is 5.75 Å². The average molecular weight is 290 g/mol. The van der Waals surface area contributed by atoms with Crippen LogP contribution in [0.5, 0.6) is 5.75 Å². The number of benzene rings is 1. The normalized spacial score (nSPS) is 10.7. The first-order valence-corrected chi connectivity index (χ1v) is 6.01. The number of ether oxygens (including phenoxy) is 1. The Kier molecular flexibility index (Phi) is 3.94. The summed E-state index contributed by atoms with van der Waals surface area (Å²) in [6, 6.07) is 11.9. The van der Waals surface area contributed by atoms with E-state index in [0.29, 0.717) is 0 Å². The Morgan fingerprint density at radius 1 is 1.00 bits per heavy atom. The Morgan fingerprint density at radius 2 is 1.65 bits per heavy atom. The Morgan fingerprint density at radius 3 is 2.24 bits per heavy atom. The first-order valence-electron chi connectivity index (χ1n) is 5.21. The molecule has 0 spiro atoms. The standard InChI is InChI=1S/C14H12BrNO/c1-17-13-7-4-11(5-8-13)2-3-12-6-9-14(15)16-10-12/h2-10H,1H3/b3-2+. The molecule has 0 radical (unpaired) electrons. The van der Waals surface area contributed by atoms with E-state index in [-0.39, 0.29) is 0 Å². The fourth-order valence-corrected chi connectivity index (χ4v) is 1.63. The molecular formula is C14H12BrNO. The predicted octanol–water partition coefficient (Wildman–Crippen LogP) is 4.02. The molecule has 0 aliphatic heterocycles. The molecule has 0 N–H and O–H groups in total. The van der Waals surface area contributed by atoms with Crippen LogP contribution in [0.2, 0.25) is 0 Å². The summed E-state index contributed by atoms with van der Waals surface area (Å²) >= 11 is 3.31. The summed E-state index contributed by atoms with van der Waals surface area (Å²) in [5, 5.41) is 0. The van der Waals surface area contributed by atoms with E-state index >= 15 is 0 Å². The van der Waals surface area contributed by atoms with Gasteiger partial charge in [0.2, 0.25) is 0 Å². The molecule has 2 nitrogen and oxygen atoms in total. The van der Waals surface area contributed by atoms with Gasteiger partial charge >= 0.3 is 0 Å². The summed E-state index contributed by atoms with van der Waals surface area (Å²) in [6.07, 6.45) is 5.90. The zero-order valence-corrected chi connectivity index (χ0v) is 11.0. The highest BCUT2D eigenvalue weighted by molar-refractivity contribution is 9.10. The average Bonchev–Trinajstić information content (AvgIpc) is 2.39. The van der Waals surface area contributed by atoms with E-state index in [2.05, 4.69) is 20.9 Å². The van der Waals surface area contributed by atoms with E-state index in [1.807, 2.05) is 54.7 Å². The van der Waals surface area contributed by atoms with Gasteiger partial charge in [0, 0.05) is 6.20 Å². The third-order valence-electron chi connectivity index (χ3n) is 2.33. The van der Waals surface area contributed by atoms with Gasteiger partial charge in [0.05, 0.1) is 7.11 Å². The molecule has 17 heavy (non-hydrogen) atoms. The molecule has 0 aliphatic rings. The molecule has 0 atom stereocenters. The van der Waals surface area contributed by atoms with Crippen LogP contribution in [0.4, 0.5) is 0 Å². The maximum Gasteiger partial charge on any atom is 0.118 e. The number of aromatic nitrogens is 1. The summed E-state index contributed by atoms with van der Waals surface area (Å²) in [7, 11) is 1.67. The lowest BCUT2D eigenvalue weighted by Gasteiger charge is -1.99. The molecule has 0 saturated heterocycles. The van der Waals surface area contributed by atoms with Crippen LogP contribution < -0.4 is 4.74 Å². The fraction of sp³-hybridized carbons (Fsp3) is 0.0714. The number of nitrogens with zero attached hydrogens (tertiary/aromatic N) is 1.